The first kappa shape index (κ1) is 22.1. The first-order valence-electron chi connectivity index (χ1n) is 7.52. The number of rotatable bonds is 9. The normalized spacial score (nSPS) is 11.3. The summed E-state index contributed by atoms with van der Waals surface area (Å²) in [5.74, 6) is 0.480. The van der Waals surface area contributed by atoms with Gasteiger partial charge in [-0.2, -0.15) is 0 Å². The first-order chi connectivity index (χ1) is 10.7. The van der Waals surface area contributed by atoms with E-state index >= 15 is 0 Å². The van der Waals surface area contributed by atoms with Crippen molar-refractivity contribution in [2.45, 2.75) is 13.0 Å². The molecule has 0 unspecified atom stereocenters. The Morgan fingerprint density at radius 2 is 2.00 bits per heavy atom. The molecule has 0 heterocycles. The fraction of sp³-hybridized carbons (Fsp3) is 0.562. The molecule has 0 bridgehead atoms. The Bertz CT molecular complexity index is 459. The molecule has 0 saturated heterocycles. The molecule has 0 amide bonds. The minimum atomic E-state index is -0.203. The summed E-state index contributed by atoms with van der Waals surface area (Å²) in [5, 5.41) is 6.34. The van der Waals surface area contributed by atoms with E-state index in [1.807, 2.05) is 6.07 Å². The van der Waals surface area contributed by atoms with Gasteiger partial charge in [-0.25, -0.2) is 4.39 Å². The van der Waals surface area contributed by atoms with Crippen LogP contribution in [0.2, 0.25) is 0 Å². The molecule has 23 heavy (non-hydrogen) atoms. The van der Waals surface area contributed by atoms with Gasteiger partial charge < -0.3 is 20.3 Å². The van der Waals surface area contributed by atoms with Crippen molar-refractivity contribution < 1.29 is 9.13 Å². The highest BCUT2D eigenvalue weighted by Crippen LogP contribution is 2.05. The molecule has 2 N–H and O–H groups in total. The molecule has 1 aromatic carbocycles. The van der Waals surface area contributed by atoms with E-state index in [2.05, 4.69) is 27.6 Å². The second kappa shape index (κ2) is 13.5. The number of halogens is 2. The van der Waals surface area contributed by atoms with Crippen molar-refractivity contribution in [3.63, 3.8) is 0 Å². The van der Waals surface area contributed by atoms with Gasteiger partial charge >= 0.3 is 0 Å². The summed E-state index contributed by atoms with van der Waals surface area (Å²) < 4.78 is 18.6. The van der Waals surface area contributed by atoms with Crippen molar-refractivity contribution in [3.05, 3.63) is 35.6 Å². The van der Waals surface area contributed by atoms with E-state index in [0.717, 1.165) is 32.7 Å². The van der Waals surface area contributed by atoms with Crippen LogP contribution in [0.5, 0.6) is 0 Å². The van der Waals surface area contributed by atoms with Gasteiger partial charge in [-0.15, -0.1) is 24.0 Å². The molecule has 0 saturated carbocycles. The summed E-state index contributed by atoms with van der Waals surface area (Å²) in [7, 11) is 5.49. The maximum atomic E-state index is 13.5. The van der Waals surface area contributed by atoms with Crippen molar-refractivity contribution >= 4 is 29.9 Å². The molecule has 5 nitrogen and oxygen atoms in total. The highest BCUT2D eigenvalue weighted by Gasteiger charge is 2.03. The Kier molecular flexibility index (Phi) is 13.0. The van der Waals surface area contributed by atoms with Gasteiger partial charge in [-0.05, 0) is 26.1 Å². The van der Waals surface area contributed by atoms with Crippen LogP contribution in [0.3, 0.4) is 0 Å². The molecule has 0 atom stereocenters. The van der Waals surface area contributed by atoms with Crippen LogP contribution in [0.4, 0.5) is 4.39 Å². The summed E-state index contributed by atoms with van der Waals surface area (Å²) >= 11 is 0. The summed E-state index contributed by atoms with van der Waals surface area (Å²) in [6.07, 6.45) is 1.00. The standard InChI is InChI=1S/C16H27FN4O.HI/c1-18-16(19-9-6-10-21(2)11-12-22-3)20-13-14-7-4-5-8-15(14)17;/h4-5,7-8H,6,9-13H2,1-3H3,(H2,18,19,20);1H. The van der Waals surface area contributed by atoms with Crippen LogP contribution in [-0.4, -0.2) is 58.3 Å². The lowest BCUT2D eigenvalue weighted by Gasteiger charge is -2.17. The fourth-order valence-electron chi connectivity index (χ4n) is 1.96. The molecule has 1 aromatic rings. The molecule has 0 aliphatic rings. The minimum absolute atomic E-state index is 0. The van der Waals surface area contributed by atoms with Crippen molar-refractivity contribution in [2.75, 3.05) is 47.4 Å². The van der Waals surface area contributed by atoms with Gasteiger partial charge in [0.1, 0.15) is 5.82 Å². The van der Waals surface area contributed by atoms with Gasteiger partial charge in [-0.1, -0.05) is 18.2 Å². The molecule has 1 rings (SSSR count). The third-order valence-corrected chi connectivity index (χ3v) is 3.31. The number of hydrogen-bond acceptors (Lipinski definition) is 3. The molecule has 7 heteroatoms. The van der Waals surface area contributed by atoms with Crippen LogP contribution < -0.4 is 10.6 Å². The lowest BCUT2D eigenvalue weighted by atomic mass is 10.2. The maximum Gasteiger partial charge on any atom is 0.191 e. The van der Waals surface area contributed by atoms with E-state index in [4.69, 9.17) is 4.74 Å². The molecular formula is C16H28FIN4O. The molecule has 0 aliphatic heterocycles. The fourth-order valence-corrected chi connectivity index (χ4v) is 1.96. The summed E-state index contributed by atoms with van der Waals surface area (Å²) in [4.78, 5) is 6.36. The molecule has 0 aromatic heterocycles. The molecular weight excluding hydrogens is 410 g/mol. The number of hydrogen-bond donors (Lipinski definition) is 2. The van der Waals surface area contributed by atoms with E-state index < -0.39 is 0 Å². The number of nitrogens with zero attached hydrogens (tertiary/aromatic N) is 2. The average molecular weight is 438 g/mol. The lowest BCUT2D eigenvalue weighted by molar-refractivity contribution is 0.161. The summed E-state index contributed by atoms with van der Waals surface area (Å²) in [6, 6.07) is 6.74. The second-order valence-corrected chi connectivity index (χ2v) is 5.09. The highest BCUT2D eigenvalue weighted by molar-refractivity contribution is 14.0. The summed E-state index contributed by atoms with van der Waals surface area (Å²) in [6.45, 7) is 3.89. The van der Waals surface area contributed by atoms with E-state index in [-0.39, 0.29) is 29.8 Å². The number of methoxy groups -OCH3 is 1. The smallest absolute Gasteiger partial charge is 0.191 e. The Morgan fingerprint density at radius 3 is 2.65 bits per heavy atom. The van der Waals surface area contributed by atoms with Gasteiger partial charge in [-0.3, -0.25) is 4.99 Å². The third-order valence-electron chi connectivity index (χ3n) is 3.31. The Morgan fingerprint density at radius 1 is 1.26 bits per heavy atom. The highest BCUT2D eigenvalue weighted by atomic mass is 127. The van der Waals surface area contributed by atoms with Crippen LogP contribution >= 0.6 is 24.0 Å². The number of likely N-dealkylation sites (N-methyl/N-ethyl adjacent to an activating group) is 1. The van der Waals surface area contributed by atoms with E-state index in [0.29, 0.717) is 18.1 Å². The van der Waals surface area contributed by atoms with Gasteiger partial charge in [0.2, 0.25) is 0 Å². The zero-order valence-electron chi connectivity index (χ0n) is 14.1. The SMILES string of the molecule is CN=C(NCCCN(C)CCOC)NCc1ccccc1F.I. The van der Waals surface area contributed by atoms with Gasteiger partial charge in [0, 0.05) is 39.4 Å². The Balaban J connectivity index is 0.00000484. The number of guanidine groups is 1. The van der Waals surface area contributed by atoms with Crippen LogP contribution in [-0.2, 0) is 11.3 Å². The third kappa shape index (κ3) is 9.72. The maximum absolute atomic E-state index is 13.5. The van der Waals surface area contributed by atoms with Gasteiger partial charge in [0.05, 0.1) is 6.61 Å². The van der Waals surface area contributed by atoms with Gasteiger partial charge in [0.15, 0.2) is 5.96 Å². The minimum Gasteiger partial charge on any atom is -0.383 e. The zero-order chi connectivity index (χ0) is 16.2. The molecule has 132 valence electrons. The van der Waals surface area contributed by atoms with Crippen LogP contribution in [0.1, 0.15) is 12.0 Å². The monoisotopic (exact) mass is 438 g/mol. The van der Waals surface area contributed by atoms with E-state index in [1.54, 1.807) is 26.3 Å². The predicted molar refractivity (Wildman–Crippen MR) is 104 cm³/mol. The average Bonchev–Trinajstić information content (AvgIpc) is 2.53. The van der Waals surface area contributed by atoms with Crippen molar-refractivity contribution in [1.29, 1.82) is 0 Å². The first-order valence-corrected chi connectivity index (χ1v) is 7.52. The van der Waals surface area contributed by atoms with Crippen LogP contribution in [0, 0.1) is 5.82 Å². The second-order valence-electron chi connectivity index (χ2n) is 5.09. The van der Waals surface area contributed by atoms with Gasteiger partial charge in [0.25, 0.3) is 0 Å². The zero-order valence-corrected chi connectivity index (χ0v) is 16.5. The number of aliphatic imine (C=N–C) groups is 1. The van der Waals surface area contributed by atoms with Crippen molar-refractivity contribution in [1.82, 2.24) is 15.5 Å². The van der Waals surface area contributed by atoms with E-state index in [1.165, 1.54) is 6.07 Å². The van der Waals surface area contributed by atoms with Crippen LogP contribution in [0.15, 0.2) is 29.3 Å². The quantitative estimate of drug-likeness (QED) is 0.268. The van der Waals surface area contributed by atoms with Crippen molar-refractivity contribution in [3.8, 4) is 0 Å². The Hall–Kier alpha value is -0.930. The number of benzene rings is 1. The number of ether oxygens (including phenoxy) is 1. The Labute approximate surface area is 155 Å². The topological polar surface area (TPSA) is 48.9 Å². The van der Waals surface area contributed by atoms with Crippen molar-refractivity contribution in [2.24, 2.45) is 4.99 Å². The lowest BCUT2D eigenvalue weighted by Crippen LogP contribution is -2.38. The molecule has 0 aliphatic carbocycles. The van der Waals surface area contributed by atoms with E-state index in [9.17, 15) is 4.39 Å². The molecule has 0 radical (unpaired) electrons. The molecule has 0 spiro atoms. The predicted octanol–water partition coefficient (Wildman–Crippen LogP) is 2.08. The summed E-state index contributed by atoms with van der Waals surface area (Å²) in [5.41, 5.74) is 0.629. The molecule has 0 fully saturated rings. The largest absolute Gasteiger partial charge is 0.383 e. The van der Waals surface area contributed by atoms with Crippen LogP contribution in [0.25, 0.3) is 0 Å². The number of nitrogens with one attached hydrogen (secondary N) is 2.